The second-order valence-corrected chi connectivity index (χ2v) is 3.90. The normalized spacial score (nSPS) is 9.39. The van der Waals surface area contributed by atoms with Gasteiger partial charge in [0.05, 0.1) is 5.46 Å². The van der Waals surface area contributed by atoms with Crippen LogP contribution in [0.5, 0.6) is 0 Å². The molecule has 0 atom stereocenters. The Bertz CT molecular complexity index is 628. The maximum Gasteiger partial charge on any atom is 0.494 e. The highest BCUT2D eigenvalue weighted by atomic mass is 19.1. The van der Waals surface area contributed by atoms with E-state index in [9.17, 15) is 17.6 Å². The molecule has 1 aromatic heterocycles. The Morgan fingerprint density at radius 1 is 0.783 bits per heavy atom. The summed E-state index contributed by atoms with van der Waals surface area (Å²) in [5.74, 6) is -4.12. The van der Waals surface area contributed by atoms with Gasteiger partial charge in [-0.3, -0.25) is 0 Å². The van der Waals surface area contributed by atoms with E-state index in [-0.39, 0.29) is 5.48 Å². The van der Waals surface area contributed by atoms with Gasteiger partial charge in [-0.15, -0.1) is 0 Å². The number of halogens is 4. The fourth-order valence-corrected chi connectivity index (χ4v) is 1.37. The van der Waals surface area contributed by atoms with Gasteiger partial charge in [-0.05, 0) is 18.2 Å². The minimum absolute atomic E-state index is 0. The number of hydrogen-bond donors (Lipinski definition) is 4. The minimum Gasteiger partial charge on any atom is -0.423 e. The molecule has 1 aromatic carbocycles. The highest BCUT2D eigenvalue weighted by molar-refractivity contribution is 6.59. The van der Waals surface area contributed by atoms with Crippen molar-refractivity contribution >= 4 is 25.2 Å². The van der Waals surface area contributed by atoms with E-state index in [0.717, 1.165) is 30.3 Å². The van der Waals surface area contributed by atoms with Crippen molar-refractivity contribution in [3.8, 4) is 0 Å². The van der Waals surface area contributed by atoms with Gasteiger partial charge in [0, 0.05) is 5.46 Å². The van der Waals surface area contributed by atoms with E-state index in [1.807, 2.05) is 0 Å². The number of hydrogen-bond acceptors (Lipinski definition) is 5. The summed E-state index contributed by atoms with van der Waals surface area (Å²) in [5, 5.41) is 33.8. The van der Waals surface area contributed by atoms with Gasteiger partial charge < -0.3 is 25.6 Å². The highest BCUT2D eigenvalue weighted by Crippen LogP contribution is 1.99. The second-order valence-electron chi connectivity index (χ2n) is 3.90. The molecule has 6 nitrogen and oxygen atoms in total. The molecule has 0 bridgehead atoms. The summed E-state index contributed by atoms with van der Waals surface area (Å²) in [6, 6.07) is 4.83. The molecular formula is C11H11B2F4NO5. The number of pyridine rings is 1. The SMILES string of the molecule is O.OB(O)c1c(F)cccc1F.OB(O)c1ccc(F)nc1F. The topological polar surface area (TPSA) is 125 Å². The van der Waals surface area contributed by atoms with Gasteiger partial charge in [0.2, 0.25) is 11.9 Å². The summed E-state index contributed by atoms with van der Waals surface area (Å²) in [5.41, 5.74) is -1.15. The Morgan fingerprint density at radius 3 is 1.65 bits per heavy atom. The van der Waals surface area contributed by atoms with Crippen LogP contribution >= 0.6 is 0 Å². The maximum atomic E-state index is 12.5. The molecule has 0 spiro atoms. The van der Waals surface area contributed by atoms with E-state index in [1.54, 1.807) is 0 Å². The van der Waals surface area contributed by atoms with Crippen molar-refractivity contribution < 1.29 is 43.1 Å². The Morgan fingerprint density at radius 2 is 1.30 bits per heavy atom. The first kappa shape index (κ1) is 21.0. The van der Waals surface area contributed by atoms with Crippen molar-refractivity contribution in [3.05, 3.63) is 53.9 Å². The number of nitrogens with zero attached hydrogens (tertiary/aromatic N) is 1. The Hall–Kier alpha value is -1.98. The number of rotatable bonds is 2. The predicted octanol–water partition coefficient (Wildman–Crippen LogP) is -2.14. The molecule has 0 amide bonds. The van der Waals surface area contributed by atoms with Crippen LogP contribution in [0.4, 0.5) is 17.6 Å². The van der Waals surface area contributed by atoms with Crippen molar-refractivity contribution in [2.24, 2.45) is 0 Å². The summed E-state index contributed by atoms with van der Waals surface area (Å²) < 4.78 is 49.6. The zero-order chi connectivity index (χ0) is 16.9. The molecule has 23 heavy (non-hydrogen) atoms. The standard InChI is InChI=1S/C6H5BF2O2.C5H4BF2NO2.H2O/c8-4-2-1-3-5(9)6(4)7(10)11;7-4-2-1-3(6(10)11)5(8)9-4;/h1-3,10-11H;1-2,10-11H;1H2. The Labute approximate surface area is 128 Å². The van der Waals surface area contributed by atoms with E-state index in [2.05, 4.69) is 4.98 Å². The van der Waals surface area contributed by atoms with Crippen LogP contribution in [0.15, 0.2) is 30.3 Å². The first-order chi connectivity index (χ1) is 10.2. The smallest absolute Gasteiger partial charge is 0.423 e. The van der Waals surface area contributed by atoms with E-state index in [1.165, 1.54) is 0 Å². The summed E-state index contributed by atoms with van der Waals surface area (Å²) >= 11 is 0. The van der Waals surface area contributed by atoms with Crippen LogP contribution in [0.1, 0.15) is 0 Å². The second kappa shape index (κ2) is 9.22. The van der Waals surface area contributed by atoms with Gasteiger partial charge in [0.25, 0.3) is 0 Å². The van der Waals surface area contributed by atoms with E-state index < -0.39 is 48.7 Å². The number of benzene rings is 1. The molecule has 1 heterocycles. The fraction of sp³-hybridized carbons (Fsp3) is 0. The van der Waals surface area contributed by atoms with Crippen LogP contribution in [-0.4, -0.2) is 44.8 Å². The van der Waals surface area contributed by atoms with Crippen LogP contribution in [0.2, 0.25) is 0 Å². The van der Waals surface area contributed by atoms with Crippen LogP contribution < -0.4 is 10.9 Å². The first-order valence-electron chi connectivity index (χ1n) is 5.72. The molecule has 2 rings (SSSR count). The van der Waals surface area contributed by atoms with Crippen molar-refractivity contribution in [1.82, 2.24) is 4.98 Å². The zero-order valence-corrected chi connectivity index (χ0v) is 11.3. The molecular weight excluding hydrogens is 324 g/mol. The number of aromatic nitrogens is 1. The van der Waals surface area contributed by atoms with Gasteiger partial charge in [-0.25, -0.2) is 8.78 Å². The third-order valence-corrected chi connectivity index (χ3v) is 2.38. The molecule has 2 aromatic rings. The van der Waals surface area contributed by atoms with E-state index in [4.69, 9.17) is 20.1 Å². The average Bonchev–Trinajstić information content (AvgIpc) is 2.38. The van der Waals surface area contributed by atoms with Gasteiger partial charge in [-0.2, -0.15) is 13.8 Å². The largest absolute Gasteiger partial charge is 0.494 e. The van der Waals surface area contributed by atoms with Gasteiger partial charge in [0.15, 0.2) is 0 Å². The molecule has 0 aliphatic rings. The van der Waals surface area contributed by atoms with Crippen LogP contribution in [0.25, 0.3) is 0 Å². The lowest BCUT2D eigenvalue weighted by Crippen LogP contribution is -2.35. The third kappa shape index (κ3) is 5.96. The minimum atomic E-state index is -2.10. The molecule has 0 saturated carbocycles. The molecule has 0 fully saturated rings. The van der Waals surface area contributed by atoms with Crippen LogP contribution in [0, 0.1) is 23.5 Å². The molecule has 124 valence electrons. The van der Waals surface area contributed by atoms with Crippen molar-refractivity contribution in [3.63, 3.8) is 0 Å². The van der Waals surface area contributed by atoms with E-state index >= 15 is 0 Å². The quantitative estimate of drug-likeness (QED) is 0.283. The summed E-state index contributed by atoms with van der Waals surface area (Å²) in [6.07, 6.45) is 0. The van der Waals surface area contributed by atoms with Crippen LogP contribution in [0.3, 0.4) is 0 Å². The Kier molecular flexibility index (Phi) is 8.43. The van der Waals surface area contributed by atoms with Gasteiger partial charge in [0.1, 0.15) is 11.6 Å². The lowest BCUT2D eigenvalue weighted by Gasteiger charge is -2.01. The van der Waals surface area contributed by atoms with Crippen molar-refractivity contribution in [2.45, 2.75) is 0 Å². The molecule has 6 N–H and O–H groups in total. The summed E-state index contributed by atoms with van der Waals surface area (Å²) in [7, 11) is -4.06. The van der Waals surface area contributed by atoms with Crippen molar-refractivity contribution in [2.75, 3.05) is 0 Å². The van der Waals surface area contributed by atoms with Gasteiger partial charge in [-0.1, -0.05) is 12.1 Å². The predicted molar refractivity (Wildman–Crippen MR) is 73.8 cm³/mol. The van der Waals surface area contributed by atoms with Gasteiger partial charge >= 0.3 is 14.2 Å². The fourth-order valence-electron chi connectivity index (χ4n) is 1.37. The highest BCUT2D eigenvalue weighted by Gasteiger charge is 2.20. The molecule has 0 aliphatic heterocycles. The lowest BCUT2D eigenvalue weighted by atomic mass is 9.79. The third-order valence-electron chi connectivity index (χ3n) is 2.38. The molecule has 0 saturated heterocycles. The summed E-state index contributed by atoms with van der Waals surface area (Å²) in [4.78, 5) is 2.74. The van der Waals surface area contributed by atoms with Crippen LogP contribution in [-0.2, 0) is 0 Å². The first-order valence-corrected chi connectivity index (χ1v) is 5.72. The zero-order valence-electron chi connectivity index (χ0n) is 11.3. The lowest BCUT2D eigenvalue weighted by molar-refractivity contribution is 0.418. The molecule has 0 radical (unpaired) electrons. The van der Waals surface area contributed by atoms with Crippen molar-refractivity contribution in [1.29, 1.82) is 0 Å². The maximum absolute atomic E-state index is 12.5. The molecule has 12 heteroatoms. The Balaban J connectivity index is 0.000000403. The molecule has 0 unspecified atom stereocenters. The van der Waals surface area contributed by atoms with E-state index in [0.29, 0.717) is 0 Å². The monoisotopic (exact) mass is 335 g/mol. The summed E-state index contributed by atoms with van der Waals surface area (Å²) in [6.45, 7) is 0. The molecule has 0 aliphatic carbocycles. The average molecular weight is 335 g/mol.